The predicted octanol–water partition coefficient (Wildman–Crippen LogP) is 0.956. The van der Waals surface area contributed by atoms with Gasteiger partial charge in [0, 0.05) is 39.1 Å². The van der Waals surface area contributed by atoms with E-state index in [2.05, 4.69) is 38.2 Å². The van der Waals surface area contributed by atoms with Gasteiger partial charge in [0.15, 0.2) is 11.9 Å². The van der Waals surface area contributed by atoms with Gasteiger partial charge in [-0.3, -0.25) is 24.4 Å². The molecule has 13 nitrogen and oxygen atoms in total. The largest absolute Gasteiger partial charge is 0.370 e. The second-order valence-corrected chi connectivity index (χ2v) is 11.2. The average molecular weight is 597 g/mol. The van der Waals surface area contributed by atoms with Crippen LogP contribution in [0.15, 0.2) is 9.98 Å². The number of carbonyl (C=O) groups excluding carboxylic acids is 3. The Morgan fingerprint density at radius 3 is 1.86 bits per heavy atom. The summed E-state index contributed by atoms with van der Waals surface area (Å²) in [5.41, 5.74) is 21.3. The quantitative estimate of drug-likeness (QED) is 0.0406. The van der Waals surface area contributed by atoms with Gasteiger partial charge in [-0.1, -0.05) is 52.9 Å². The van der Waals surface area contributed by atoms with Crippen LogP contribution in [0.5, 0.6) is 0 Å². The van der Waals surface area contributed by atoms with Crippen LogP contribution in [0, 0.1) is 5.92 Å². The van der Waals surface area contributed by atoms with Gasteiger partial charge in [-0.05, 0) is 50.9 Å². The zero-order valence-electron chi connectivity index (χ0n) is 26.4. The molecule has 42 heavy (non-hydrogen) atoms. The molecule has 3 amide bonds. The van der Waals surface area contributed by atoms with Crippen molar-refractivity contribution in [2.24, 2.45) is 38.8 Å². The topological polar surface area (TPSA) is 228 Å². The summed E-state index contributed by atoms with van der Waals surface area (Å²) in [4.78, 5) is 46.5. The van der Waals surface area contributed by atoms with Crippen molar-refractivity contribution in [1.29, 1.82) is 0 Å². The normalized spacial score (nSPS) is 12.3. The Kier molecular flexibility index (Phi) is 23.7. The van der Waals surface area contributed by atoms with Crippen molar-refractivity contribution in [1.82, 2.24) is 21.3 Å². The van der Waals surface area contributed by atoms with Gasteiger partial charge in [-0.2, -0.15) is 0 Å². The minimum absolute atomic E-state index is 0.0557. The number of unbranched alkanes of at least 4 members (excludes halogenated alkanes) is 7. The van der Waals surface area contributed by atoms with Gasteiger partial charge in [-0.15, -0.1) is 0 Å². The first-order valence-electron chi connectivity index (χ1n) is 15.8. The maximum Gasteiger partial charge on any atom is 0.242 e. The fourth-order valence-corrected chi connectivity index (χ4v) is 4.33. The maximum absolute atomic E-state index is 13.3. The summed E-state index contributed by atoms with van der Waals surface area (Å²) in [7, 11) is 0. The lowest BCUT2D eigenvalue weighted by Crippen LogP contribution is -2.53. The Balaban J connectivity index is 4.83. The summed E-state index contributed by atoms with van der Waals surface area (Å²) in [5, 5.41) is 12.1. The van der Waals surface area contributed by atoms with Gasteiger partial charge >= 0.3 is 0 Å². The lowest BCUT2D eigenvalue weighted by atomic mass is 10.0. The van der Waals surface area contributed by atoms with Crippen LogP contribution in [0.25, 0.3) is 0 Å². The van der Waals surface area contributed by atoms with E-state index < -0.39 is 12.1 Å². The Bertz CT molecular complexity index is 797. The number of nitrogens with zero attached hydrogens (tertiary/aromatic N) is 2. The highest BCUT2D eigenvalue weighted by Gasteiger charge is 2.26. The zero-order valence-corrected chi connectivity index (χ0v) is 26.4. The van der Waals surface area contributed by atoms with Gasteiger partial charge in [0.2, 0.25) is 17.7 Å². The fraction of sp³-hybridized carbons (Fsp3) is 0.828. The highest BCUT2D eigenvalue weighted by atomic mass is 16.2. The lowest BCUT2D eigenvalue weighted by Gasteiger charge is -2.24. The number of aliphatic imine (C=N–C) groups is 2. The molecule has 13 heteroatoms. The number of hydrogen-bond acceptors (Lipinski definition) is 6. The van der Waals surface area contributed by atoms with Crippen LogP contribution in [-0.4, -0.2) is 74.4 Å². The number of carbonyl (C=O) groups is 3. The molecule has 0 aliphatic heterocycles. The molecular formula is C29H60N10O3. The molecule has 0 heterocycles. The van der Waals surface area contributed by atoms with Crippen molar-refractivity contribution in [2.75, 3.05) is 32.7 Å². The molecule has 0 saturated heterocycles. The molecule has 0 aliphatic rings. The van der Waals surface area contributed by atoms with Crippen molar-refractivity contribution in [3.05, 3.63) is 0 Å². The van der Waals surface area contributed by atoms with E-state index in [4.69, 9.17) is 22.9 Å². The van der Waals surface area contributed by atoms with Gasteiger partial charge in [0.05, 0.1) is 6.04 Å². The van der Waals surface area contributed by atoms with Crippen LogP contribution in [-0.2, 0) is 14.4 Å². The van der Waals surface area contributed by atoms with Gasteiger partial charge < -0.3 is 44.2 Å². The third kappa shape index (κ3) is 23.6. The SMILES string of the molecule is CCCCCCCC(NCCC(=O)NCCCCCN=C(N)N)C(=O)NC(CC(C)C)C(=O)NCCCCN=C(N)N. The third-order valence-corrected chi connectivity index (χ3v) is 6.63. The molecule has 12 N–H and O–H groups in total. The molecule has 0 rings (SSSR count). The summed E-state index contributed by atoms with van der Waals surface area (Å²) in [6.45, 7) is 8.74. The zero-order chi connectivity index (χ0) is 31.6. The Morgan fingerprint density at radius 2 is 1.24 bits per heavy atom. The third-order valence-electron chi connectivity index (χ3n) is 6.63. The number of amides is 3. The van der Waals surface area contributed by atoms with Gasteiger partial charge in [0.1, 0.15) is 6.04 Å². The molecule has 0 aromatic carbocycles. The molecule has 0 fully saturated rings. The predicted molar refractivity (Wildman–Crippen MR) is 172 cm³/mol. The van der Waals surface area contributed by atoms with Crippen LogP contribution in [0.3, 0.4) is 0 Å². The standard InChI is InChI=1S/C29H60N10O3/c1-4-5-6-7-9-14-23(34-20-15-25(40)35-16-10-8-11-18-37-28(30)31)27(42)39-24(21-22(2)3)26(41)36-17-12-13-19-38-29(32)33/h22-24,34H,4-21H2,1-3H3,(H,35,40)(H,36,41)(H,39,42)(H4,30,31,37)(H4,32,33,38). The van der Waals surface area contributed by atoms with E-state index in [0.29, 0.717) is 45.6 Å². The summed E-state index contributed by atoms with van der Waals surface area (Å²) in [6.07, 6.45) is 10.9. The highest BCUT2D eigenvalue weighted by Crippen LogP contribution is 2.10. The molecule has 0 bridgehead atoms. The molecular weight excluding hydrogens is 536 g/mol. The van der Waals surface area contributed by atoms with Crippen LogP contribution < -0.4 is 44.2 Å². The van der Waals surface area contributed by atoms with E-state index >= 15 is 0 Å². The molecule has 0 aromatic heterocycles. The van der Waals surface area contributed by atoms with Crippen molar-refractivity contribution in [3.63, 3.8) is 0 Å². The fourth-order valence-electron chi connectivity index (χ4n) is 4.33. The van der Waals surface area contributed by atoms with Crippen molar-refractivity contribution < 1.29 is 14.4 Å². The van der Waals surface area contributed by atoms with E-state index in [9.17, 15) is 14.4 Å². The number of rotatable bonds is 26. The Hall–Kier alpha value is -3.09. The highest BCUT2D eigenvalue weighted by molar-refractivity contribution is 5.89. The monoisotopic (exact) mass is 596 g/mol. The maximum atomic E-state index is 13.3. The summed E-state index contributed by atoms with van der Waals surface area (Å²) >= 11 is 0. The minimum atomic E-state index is -0.630. The first-order valence-corrected chi connectivity index (χ1v) is 15.8. The Morgan fingerprint density at radius 1 is 0.667 bits per heavy atom. The first kappa shape index (κ1) is 38.9. The summed E-state index contributed by atoms with van der Waals surface area (Å²) < 4.78 is 0. The lowest BCUT2D eigenvalue weighted by molar-refractivity contribution is -0.130. The molecule has 0 radical (unpaired) electrons. The Labute approximate surface area is 253 Å². The van der Waals surface area contributed by atoms with E-state index in [-0.39, 0.29) is 42.0 Å². The van der Waals surface area contributed by atoms with Crippen LogP contribution in [0.1, 0.15) is 104 Å². The number of guanidine groups is 2. The number of nitrogens with one attached hydrogen (secondary N) is 4. The van der Waals surface area contributed by atoms with Crippen LogP contribution in [0.4, 0.5) is 0 Å². The number of nitrogens with two attached hydrogens (primary N) is 4. The van der Waals surface area contributed by atoms with E-state index in [1.165, 1.54) is 6.42 Å². The molecule has 0 aromatic rings. The van der Waals surface area contributed by atoms with Crippen molar-refractivity contribution >= 4 is 29.6 Å². The molecule has 0 spiro atoms. The molecule has 0 aliphatic carbocycles. The minimum Gasteiger partial charge on any atom is -0.370 e. The summed E-state index contributed by atoms with van der Waals surface area (Å²) in [6, 6.07) is -1.10. The second kappa shape index (κ2) is 25.6. The van der Waals surface area contributed by atoms with Crippen LogP contribution >= 0.6 is 0 Å². The first-order chi connectivity index (χ1) is 20.1. The van der Waals surface area contributed by atoms with E-state index in [1.807, 2.05) is 13.8 Å². The second-order valence-electron chi connectivity index (χ2n) is 11.2. The molecule has 0 saturated carbocycles. The van der Waals surface area contributed by atoms with Gasteiger partial charge in [-0.25, -0.2) is 0 Å². The smallest absolute Gasteiger partial charge is 0.242 e. The van der Waals surface area contributed by atoms with Crippen molar-refractivity contribution in [2.45, 2.75) is 116 Å². The molecule has 244 valence electrons. The molecule has 2 atom stereocenters. The number of hydrogen-bond donors (Lipinski definition) is 8. The van der Waals surface area contributed by atoms with Crippen LogP contribution in [0.2, 0.25) is 0 Å². The van der Waals surface area contributed by atoms with E-state index in [1.54, 1.807) is 0 Å². The molecule has 2 unspecified atom stereocenters. The summed E-state index contributed by atoms with van der Waals surface area (Å²) in [5.74, 6) is -0.0993. The van der Waals surface area contributed by atoms with E-state index in [0.717, 1.165) is 57.8 Å². The van der Waals surface area contributed by atoms with Crippen molar-refractivity contribution in [3.8, 4) is 0 Å². The van der Waals surface area contributed by atoms with Gasteiger partial charge in [0.25, 0.3) is 0 Å². The average Bonchev–Trinajstić information content (AvgIpc) is 2.92.